The Kier molecular flexibility index (Phi) is 9.90. The average Bonchev–Trinajstić information content (AvgIpc) is 3.87. The molecule has 0 unspecified atom stereocenters. The number of carbonyl (C=O) groups is 5. The largest absolute Gasteiger partial charge is 0.497 e. The summed E-state index contributed by atoms with van der Waals surface area (Å²) >= 11 is 0. The van der Waals surface area contributed by atoms with Crippen molar-refractivity contribution in [2.75, 3.05) is 49.8 Å². The van der Waals surface area contributed by atoms with Crippen molar-refractivity contribution in [1.29, 1.82) is 0 Å². The monoisotopic (exact) mass is 776 g/mol. The van der Waals surface area contributed by atoms with Crippen molar-refractivity contribution in [2.45, 2.75) is 0 Å². The van der Waals surface area contributed by atoms with Crippen LogP contribution in [0.3, 0.4) is 0 Å². The summed E-state index contributed by atoms with van der Waals surface area (Å²) in [6, 6.07) is 17.1. The van der Waals surface area contributed by atoms with Gasteiger partial charge in [0.15, 0.2) is 34.5 Å². The zero-order valence-corrected chi connectivity index (χ0v) is 31.5. The van der Waals surface area contributed by atoms with E-state index in [1.54, 1.807) is 48.5 Å². The van der Waals surface area contributed by atoms with Gasteiger partial charge in [0.1, 0.15) is 33.8 Å². The van der Waals surface area contributed by atoms with Crippen LogP contribution in [0.1, 0.15) is 32.6 Å². The summed E-state index contributed by atoms with van der Waals surface area (Å²) in [6.45, 7) is 0. The normalized spacial score (nSPS) is 16.2. The summed E-state index contributed by atoms with van der Waals surface area (Å²) in [5, 5.41) is 0.456. The fourth-order valence-electron chi connectivity index (χ4n) is 6.80. The number of hydrogen-bond acceptors (Lipinski definition) is 15. The van der Waals surface area contributed by atoms with Gasteiger partial charge in [-0.2, -0.15) is 0 Å². The number of cyclic esters (lactones) is 2. The van der Waals surface area contributed by atoms with Gasteiger partial charge in [-0.05, 0) is 64.5 Å². The fraction of sp³-hybridized carbons (Fsp3) is 0.167. The molecule has 290 valence electrons. The van der Waals surface area contributed by atoms with E-state index in [1.165, 1.54) is 68.0 Å². The molecule has 0 saturated carbocycles. The molecular weight excluding hydrogens is 744 g/mol. The lowest BCUT2D eigenvalue weighted by Gasteiger charge is -2.14. The van der Waals surface area contributed by atoms with Crippen LogP contribution in [-0.4, -0.2) is 79.6 Å². The van der Waals surface area contributed by atoms with Crippen LogP contribution in [0.5, 0.6) is 23.0 Å². The number of carbonyl (C=O) groups excluding carboxylic acids is 5. The highest BCUT2D eigenvalue weighted by molar-refractivity contribution is 6.30. The second-order valence-electron chi connectivity index (χ2n) is 12.2. The van der Waals surface area contributed by atoms with E-state index in [0.717, 1.165) is 0 Å². The molecule has 0 aliphatic carbocycles. The Morgan fingerprint density at radius 1 is 0.509 bits per heavy atom. The highest BCUT2D eigenvalue weighted by Crippen LogP contribution is 2.50. The number of methoxy groups -OCH3 is 7. The lowest BCUT2D eigenvalue weighted by atomic mass is 9.90. The summed E-state index contributed by atoms with van der Waals surface area (Å²) in [4.78, 5) is 67.9. The van der Waals surface area contributed by atoms with Gasteiger partial charge >= 0.3 is 29.8 Å². The molecule has 7 rings (SSSR count). The van der Waals surface area contributed by atoms with E-state index in [0.29, 0.717) is 22.6 Å². The van der Waals surface area contributed by atoms with Gasteiger partial charge in [0.25, 0.3) is 0 Å². The van der Waals surface area contributed by atoms with Crippen molar-refractivity contribution >= 4 is 62.9 Å². The second kappa shape index (κ2) is 14.9. The molecule has 3 aliphatic heterocycles. The zero-order chi connectivity index (χ0) is 40.7. The summed E-state index contributed by atoms with van der Waals surface area (Å²) in [5.41, 5.74) is 0.303. The van der Waals surface area contributed by atoms with Crippen LogP contribution in [0.15, 0.2) is 89.8 Å². The predicted octanol–water partition coefficient (Wildman–Crippen LogP) is 5.40. The van der Waals surface area contributed by atoms with Crippen LogP contribution in [-0.2, 0) is 47.6 Å². The standard InChI is InChI=1S/C42H32O15/c1-48-22-12-8-19(9-13-22)28(39(44)53-6)36-34(51-4)30(41(46)56-36)21-16-24-25(18-27(50-3)33-31(24)26(17-21)38(43)55-33)32-35(52-5)37(57-42(32)47)29(40(45)54-7)20-10-14-23(49-2)15-11-20/h8-18H,1-7H3. The minimum atomic E-state index is -0.922. The molecule has 0 spiro atoms. The maximum Gasteiger partial charge on any atom is 0.348 e. The van der Waals surface area contributed by atoms with Gasteiger partial charge in [0, 0.05) is 10.9 Å². The molecule has 3 aliphatic rings. The number of esters is 5. The number of rotatable bonds is 11. The van der Waals surface area contributed by atoms with Gasteiger partial charge in [0.05, 0.1) is 55.3 Å². The van der Waals surface area contributed by atoms with Crippen molar-refractivity contribution in [3.63, 3.8) is 0 Å². The Morgan fingerprint density at radius 2 is 1.00 bits per heavy atom. The fourth-order valence-corrected chi connectivity index (χ4v) is 6.80. The van der Waals surface area contributed by atoms with Crippen LogP contribution < -0.4 is 18.9 Å². The first kappa shape index (κ1) is 37.8. The Morgan fingerprint density at radius 3 is 1.46 bits per heavy atom. The molecule has 15 heteroatoms. The molecule has 0 aromatic heterocycles. The smallest absolute Gasteiger partial charge is 0.348 e. The Labute approximate surface area is 324 Å². The Bertz CT molecular complexity index is 2550. The molecule has 4 aromatic carbocycles. The van der Waals surface area contributed by atoms with Gasteiger partial charge < -0.3 is 47.4 Å². The van der Waals surface area contributed by atoms with E-state index in [1.807, 2.05) is 0 Å². The Hall–Kier alpha value is -7.55. The van der Waals surface area contributed by atoms with Gasteiger partial charge in [-0.3, -0.25) is 0 Å². The van der Waals surface area contributed by atoms with Gasteiger partial charge in [-0.15, -0.1) is 0 Å². The van der Waals surface area contributed by atoms with Crippen molar-refractivity contribution in [3.05, 3.63) is 118 Å². The molecule has 3 heterocycles. The summed E-state index contributed by atoms with van der Waals surface area (Å²) in [7, 11) is 9.24. The topological polar surface area (TPSA) is 178 Å². The van der Waals surface area contributed by atoms with Gasteiger partial charge in [-0.1, -0.05) is 24.3 Å². The first-order valence-corrected chi connectivity index (χ1v) is 16.9. The third-order valence-electron chi connectivity index (χ3n) is 9.41. The molecule has 0 atom stereocenters. The molecule has 0 saturated heterocycles. The second-order valence-corrected chi connectivity index (χ2v) is 12.2. The highest BCUT2D eigenvalue weighted by atomic mass is 16.6. The summed E-state index contributed by atoms with van der Waals surface area (Å²) < 4.78 is 54.9. The quantitative estimate of drug-likeness (QED) is 0.0819. The molecule has 4 aromatic rings. The maximum atomic E-state index is 14.0. The van der Waals surface area contributed by atoms with Crippen molar-refractivity contribution in [3.8, 4) is 23.0 Å². The summed E-state index contributed by atoms with van der Waals surface area (Å²) in [6.07, 6.45) is 0. The minimum Gasteiger partial charge on any atom is -0.497 e. The maximum absolute atomic E-state index is 14.0. The molecule has 0 radical (unpaired) electrons. The third kappa shape index (κ3) is 6.14. The van der Waals surface area contributed by atoms with E-state index < -0.39 is 29.8 Å². The van der Waals surface area contributed by atoms with Crippen LogP contribution in [0.4, 0.5) is 0 Å². The molecule has 0 amide bonds. The van der Waals surface area contributed by atoms with E-state index in [4.69, 9.17) is 47.4 Å². The molecular formula is C42H32O15. The lowest BCUT2D eigenvalue weighted by molar-refractivity contribution is -0.135. The molecule has 0 fully saturated rings. The van der Waals surface area contributed by atoms with Gasteiger partial charge in [0.2, 0.25) is 0 Å². The number of hydrogen-bond donors (Lipinski definition) is 0. The predicted molar refractivity (Wildman–Crippen MR) is 199 cm³/mol. The van der Waals surface area contributed by atoms with E-state index in [-0.39, 0.29) is 84.3 Å². The average molecular weight is 777 g/mol. The van der Waals surface area contributed by atoms with E-state index in [9.17, 15) is 24.0 Å². The Balaban J connectivity index is 1.52. The van der Waals surface area contributed by atoms with Crippen LogP contribution in [0.25, 0.3) is 33.1 Å². The first-order valence-electron chi connectivity index (χ1n) is 16.9. The minimum absolute atomic E-state index is 0.00403. The summed E-state index contributed by atoms with van der Waals surface area (Å²) in [5.74, 6) is -3.90. The van der Waals surface area contributed by atoms with Crippen LogP contribution in [0, 0.1) is 0 Å². The number of benzene rings is 4. The van der Waals surface area contributed by atoms with Crippen molar-refractivity contribution < 1.29 is 71.3 Å². The van der Waals surface area contributed by atoms with Gasteiger partial charge in [-0.25, -0.2) is 24.0 Å². The zero-order valence-electron chi connectivity index (χ0n) is 31.5. The van der Waals surface area contributed by atoms with Crippen molar-refractivity contribution in [2.24, 2.45) is 0 Å². The van der Waals surface area contributed by atoms with E-state index in [2.05, 4.69) is 0 Å². The first-order chi connectivity index (χ1) is 27.5. The molecule has 0 N–H and O–H groups in total. The number of ether oxygens (including phenoxy) is 10. The highest BCUT2D eigenvalue weighted by Gasteiger charge is 2.42. The van der Waals surface area contributed by atoms with Crippen molar-refractivity contribution in [1.82, 2.24) is 0 Å². The molecule has 57 heavy (non-hydrogen) atoms. The van der Waals surface area contributed by atoms with E-state index >= 15 is 0 Å². The lowest BCUT2D eigenvalue weighted by Crippen LogP contribution is -2.09. The third-order valence-corrected chi connectivity index (χ3v) is 9.41. The molecule has 0 bridgehead atoms. The molecule has 15 nitrogen and oxygen atoms in total. The SMILES string of the molecule is COC(=O)C(=C1OC(=O)C(c2cc3c4c(c(OC)cc(C5=C(OC)C(=C(C(=O)OC)c6ccc(OC)cc6)OC5=O)c4c2)OC3=O)=C1OC)c1ccc(OC)cc1. The van der Waals surface area contributed by atoms with Crippen LogP contribution >= 0.6 is 0 Å². The van der Waals surface area contributed by atoms with Crippen LogP contribution in [0.2, 0.25) is 0 Å².